The topological polar surface area (TPSA) is 58.0 Å². The van der Waals surface area contributed by atoms with E-state index in [0.29, 0.717) is 0 Å². The highest BCUT2D eigenvalue weighted by molar-refractivity contribution is 6.29. The Morgan fingerprint density at radius 2 is 2.33 bits per heavy atom. The van der Waals surface area contributed by atoms with Crippen LogP contribution in [0.2, 0.25) is 5.15 Å². The van der Waals surface area contributed by atoms with Gasteiger partial charge in [-0.25, -0.2) is 4.98 Å². The van der Waals surface area contributed by atoms with Crippen molar-refractivity contribution in [1.82, 2.24) is 9.97 Å². The van der Waals surface area contributed by atoms with Crippen LogP contribution in [0, 0.1) is 0 Å². The monoisotopic (exact) mass is 145 g/mol. The van der Waals surface area contributed by atoms with E-state index in [1.165, 1.54) is 12.4 Å². The van der Waals surface area contributed by atoms with Crippen molar-refractivity contribution in [3.05, 3.63) is 17.5 Å². The largest absolute Gasteiger partial charge is 0.290 e. The Labute approximate surface area is 56.5 Å². The minimum atomic E-state index is 0.238. The van der Waals surface area contributed by atoms with Crippen LogP contribution in [0.5, 0.6) is 0 Å². The maximum Gasteiger partial charge on any atom is 0.169 e. The Bertz CT molecular complexity index is 205. The summed E-state index contributed by atoms with van der Waals surface area (Å²) in [5.41, 5.74) is 1.81. The maximum atomic E-state index is 8.25. The summed E-state index contributed by atoms with van der Waals surface area (Å²) >= 11 is 5.40. The van der Waals surface area contributed by atoms with Crippen molar-refractivity contribution in [1.29, 1.82) is 0 Å². The second-order valence-electron chi connectivity index (χ2n) is 1.34. The second-order valence-corrected chi connectivity index (χ2v) is 1.73. The predicted molar refractivity (Wildman–Crippen MR) is 32.5 cm³/mol. The molecule has 5 heteroatoms. The molecule has 0 amide bonds. The summed E-state index contributed by atoms with van der Waals surface area (Å²) in [6.45, 7) is 0. The molecular formula is C4H4ClN3O. The number of halogens is 1. The summed E-state index contributed by atoms with van der Waals surface area (Å²) in [7, 11) is 0. The molecule has 0 saturated heterocycles. The van der Waals surface area contributed by atoms with E-state index in [4.69, 9.17) is 16.8 Å². The van der Waals surface area contributed by atoms with Gasteiger partial charge in [-0.3, -0.25) is 15.7 Å². The van der Waals surface area contributed by atoms with Crippen molar-refractivity contribution in [2.45, 2.75) is 0 Å². The number of nitrogens with zero attached hydrogens (tertiary/aromatic N) is 2. The average Bonchev–Trinajstić information content (AvgIpc) is 1.88. The third-order valence-corrected chi connectivity index (χ3v) is 0.902. The SMILES string of the molecule is ONc1cncc(Cl)n1. The molecule has 0 bridgehead atoms. The molecule has 1 aromatic rings. The highest BCUT2D eigenvalue weighted by Gasteiger charge is 1.90. The number of aromatic nitrogens is 2. The first-order valence-corrected chi connectivity index (χ1v) is 2.58. The molecule has 0 aliphatic rings. The Kier molecular flexibility index (Phi) is 1.81. The first-order chi connectivity index (χ1) is 4.33. The fourth-order valence-corrected chi connectivity index (χ4v) is 0.543. The van der Waals surface area contributed by atoms with Gasteiger partial charge in [-0.1, -0.05) is 11.6 Å². The average molecular weight is 146 g/mol. The van der Waals surface area contributed by atoms with Gasteiger partial charge in [0.25, 0.3) is 0 Å². The van der Waals surface area contributed by atoms with Crippen molar-refractivity contribution in [2.75, 3.05) is 5.48 Å². The maximum absolute atomic E-state index is 8.25. The fourth-order valence-electron chi connectivity index (χ4n) is 0.396. The highest BCUT2D eigenvalue weighted by atomic mass is 35.5. The third-order valence-electron chi connectivity index (χ3n) is 0.720. The molecule has 0 atom stereocenters. The van der Waals surface area contributed by atoms with Gasteiger partial charge in [0.05, 0.1) is 12.4 Å². The Hall–Kier alpha value is -0.870. The van der Waals surface area contributed by atoms with Crippen molar-refractivity contribution in [3.63, 3.8) is 0 Å². The van der Waals surface area contributed by atoms with Crippen LogP contribution in [0.3, 0.4) is 0 Å². The lowest BCUT2D eigenvalue weighted by Gasteiger charge is -1.93. The zero-order chi connectivity index (χ0) is 6.69. The summed E-state index contributed by atoms with van der Waals surface area (Å²) < 4.78 is 0. The van der Waals surface area contributed by atoms with Gasteiger partial charge >= 0.3 is 0 Å². The van der Waals surface area contributed by atoms with E-state index in [-0.39, 0.29) is 11.0 Å². The Morgan fingerprint density at radius 3 is 2.78 bits per heavy atom. The second kappa shape index (κ2) is 2.61. The van der Waals surface area contributed by atoms with Gasteiger partial charge in [-0.2, -0.15) is 0 Å². The smallest absolute Gasteiger partial charge is 0.169 e. The Balaban J connectivity index is 2.94. The molecule has 0 aromatic carbocycles. The van der Waals surface area contributed by atoms with E-state index in [1.54, 1.807) is 0 Å². The number of hydrogen-bond donors (Lipinski definition) is 2. The van der Waals surface area contributed by atoms with Gasteiger partial charge in [-0.15, -0.1) is 0 Å². The van der Waals surface area contributed by atoms with E-state index in [9.17, 15) is 0 Å². The van der Waals surface area contributed by atoms with Crippen molar-refractivity contribution >= 4 is 17.4 Å². The summed E-state index contributed by atoms with van der Waals surface area (Å²) in [6, 6.07) is 0. The van der Waals surface area contributed by atoms with Gasteiger partial charge in [-0.05, 0) is 0 Å². The molecule has 0 unspecified atom stereocenters. The summed E-state index contributed by atoms with van der Waals surface area (Å²) in [5.74, 6) is 0.238. The molecule has 0 aliphatic carbocycles. The van der Waals surface area contributed by atoms with Crippen molar-refractivity contribution < 1.29 is 5.21 Å². The molecule has 48 valence electrons. The van der Waals surface area contributed by atoms with Crippen LogP contribution in [-0.2, 0) is 0 Å². The van der Waals surface area contributed by atoms with E-state index in [0.717, 1.165) is 0 Å². The zero-order valence-corrected chi connectivity index (χ0v) is 5.13. The van der Waals surface area contributed by atoms with Crippen LogP contribution in [0.4, 0.5) is 5.82 Å². The third kappa shape index (κ3) is 1.51. The number of nitrogens with one attached hydrogen (secondary N) is 1. The summed E-state index contributed by atoms with van der Waals surface area (Å²) in [6.07, 6.45) is 2.73. The molecule has 4 nitrogen and oxygen atoms in total. The first-order valence-electron chi connectivity index (χ1n) is 2.20. The number of hydrogen-bond acceptors (Lipinski definition) is 4. The zero-order valence-electron chi connectivity index (χ0n) is 4.37. The molecule has 2 N–H and O–H groups in total. The fraction of sp³-hybridized carbons (Fsp3) is 0. The molecule has 0 radical (unpaired) electrons. The summed E-state index contributed by atoms with van der Waals surface area (Å²) in [4.78, 5) is 7.27. The molecule has 0 spiro atoms. The number of rotatable bonds is 1. The van der Waals surface area contributed by atoms with E-state index in [2.05, 4.69) is 9.97 Å². The van der Waals surface area contributed by atoms with Crippen molar-refractivity contribution in [3.8, 4) is 0 Å². The van der Waals surface area contributed by atoms with Gasteiger partial charge in [0.2, 0.25) is 0 Å². The molecule has 1 aromatic heterocycles. The quantitative estimate of drug-likeness (QED) is 0.578. The molecule has 0 fully saturated rings. The van der Waals surface area contributed by atoms with Crippen LogP contribution in [0.1, 0.15) is 0 Å². The normalized spacial score (nSPS) is 9.11. The highest BCUT2D eigenvalue weighted by Crippen LogP contribution is 2.04. The predicted octanol–water partition coefficient (Wildman–Crippen LogP) is 0.931. The van der Waals surface area contributed by atoms with Crippen LogP contribution < -0.4 is 5.48 Å². The number of anilines is 1. The lowest BCUT2D eigenvalue weighted by atomic mass is 10.7. The summed E-state index contributed by atoms with van der Waals surface area (Å²) in [5, 5.41) is 8.50. The van der Waals surface area contributed by atoms with Gasteiger partial charge in [0, 0.05) is 0 Å². The molecule has 1 heterocycles. The molecular weight excluding hydrogens is 142 g/mol. The standard InChI is InChI=1S/C4H4ClN3O/c5-3-1-6-2-4(7-3)8-9/h1-2,9H,(H,7,8). The van der Waals surface area contributed by atoms with Crippen molar-refractivity contribution in [2.24, 2.45) is 0 Å². The molecule has 1 rings (SSSR count). The van der Waals surface area contributed by atoms with Crippen LogP contribution >= 0.6 is 11.6 Å². The lowest BCUT2D eigenvalue weighted by Crippen LogP contribution is -1.92. The lowest BCUT2D eigenvalue weighted by molar-refractivity contribution is 0.385. The van der Waals surface area contributed by atoms with E-state index >= 15 is 0 Å². The minimum absolute atomic E-state index is 0.238. The Morgan fingerprint density at radius 1 is 1.56 bits per heavy atom. The van der Waals surface area contributed by atoms with Crippen LogP contribution in [-0.4, -0.2) is 15.2 Å². The van der Waals surface area contributed by atoms with Crippen LogP contribution in [0.25, 0.3) is 0 Å². The molecule has 9 heavy (non-hydrogen) atoms. The first kappa shape index (κ1) is 6.25. The van der Waals surface area contributed by atoms with Gasteiger partial charge in [0.15, 0.2) is 5.82 Å². The van der Waals surface area contributed by atoms with Gasteiger partial charge < -0.3 is 0 Å². The van der Waals surface area contributed by atoms with E-state index < -0.39 is 0 Å². The molecule has 0 saturated carbocycles. The van der Waals surface area contributed by atoms with Gasteiger partial charge in [0.1, 0.15) is 5.15 Å². The van der Waals surface area contributed by atoms with Crippen LogP contribution in [0.15, 0.2) is 12.4 Å². The molecule has 0 aliphatic heterocycles. The minimum Gasteiger partial charge on any atom is -0.290 e. The van der Waals surface area contributed by atoms with E-state index in [1.807, 2.05) is 5.48 Å².